The van der Waals surface area contributed by atoms with Crippen molar-refractivity contribution < 1.29 is 4.79 Å². The van der Waals surface area contributed by atoms with Crippen LogP contribution in [-0.2, 0) is 4.79 Å². The number of anilines is 1. The number of rotatable bonds is 3. The molecule has 18 heavy (non-hydrogen) atoms. The molecular formula is C14H12BrNOS. The van der Waals surface area contributed by atoms with Gasteiger partial charge < -0.3 is 5.32 Å². The first-order valence-electron chi connectivity index (χ1n) is 5.44. The van der Waals surface area contributed by atoms with Crippen molar-refractivity contribution in [2.24, 2.45) is 0 Å². The van der Waals surface area contributed by atoms with Crippen LogP contribution in [0.15, 0.2) is 46.3 Å². The first-order chi connectivity index (χ1) is 8.65. The van der Waals surface area contributed by atoms with Crippen LogP contribution in [0, 0.1) is 6.92 Å². The number of carbonyl (C=O) groups excluding carboxylic acids is 1. The number of thiophene rings is 1. The number of benzene rings is 1. The van der Waals surface area contributed by atoms with Gasteiger partial charge >= 0.3 is 0 Å². The highest BCUT2D eigenvalue weighted by Crippen LogP contribution is 2.20. The first kappa shape index (κ1) is 13.1. The highest BCUT2D eigenvalue weighted by Gasteiger charge is 2.00. The fourth-order valence-electron chi connectivity index (χ4n) is 1.40. The molecule has 92 valence electrons. The van der Waals surface area contributed by atoms with E-state index in [0.29, 0.717) is 0 Å². The zero-order valence-electron chi connectivity index (χ0n) is 9.81. The molecular weight excluding hydrogens is 310 g/mol. The molecule has 0 saturated heterocycles. The van der Waals surface area contributed by atoms with Crippen LogP contribution in [0.4, 0.5) is 5.69 Å². The average molecular weight is 322 g/mol. The molecule has 2 aromatic rings. The van der Waals surface area contributed by atoms with Crippen LogP contribution in [0.1, 0.15) is 10.4 Å². The molecule has 0 spiro atoms. The molecule has 2 nitrogen and oxygen atoms in total. The lowest BCUT2D eigenvalue weighted by Gasteiger charge is -2.04. The SMILES string of the molecule is Cc1ccc(NC(=O)/C=C/c2cccs2)cc1Br. The number of halogens is 1. The van der Waals surface area contributed by atoms with Gasteiger partial charge in [0.15, 0.2) is 0 Å². The van der Waals surface area contributed by atoms with Gasteiger partial charge in [0.2, 0.25) is 5.91 Å². The zero-order valence-corrected chi connectivity index (χ0v) is 12.2. The van der Waals surface area contributed by atoms with E-state index in [-0.39, 0.29) is 5.91 Å². The monoisotopic (exact) mass is 321 g/mol. The summed E-state index contributed by atoms with van der Waals surface area (Å²) in [4.78, 5) is 12.8. The highest BCUT2D eigenvalue weighted by molar-refractivity contribution is 9.10. The number of hydrogen-bond acceptors (Lipinski definition) is 2. The molecule has 0 saturated carbocycles. The Balaban J connectivity index is 2.01. The maximum Gasteiger partial charge on any atom is 0.248 e. The van der Waals surface area contributed by atoms with Gasteiger partial charge in [-0.15, -0.1) is 11.3 Å². The Labute approximate surface area is 118 Å². The minimum absolute atomic E-state index is 0.126. The van der Waals surface area contributed by atoms with E-state index < -0.39 is 0 Å². The Bertz CT molecular complexity index is 575. The Morgan fingerprint density at radius 1 is 1.39 bits per heavy atom. The summed E-state index contributed by atoms with van der Waals surface area (Å²) in [6.45, 7) is 2.01. The van der Waals surface area contributed by atoms with Crippen molar-refractivity contribution in [1.82, 2.24) is 0 Å². The molecule has 0 radical (unpaired) electrons. The van der Waals surface area contributed by atoms with E-state index in [1.54, 1.807) is 17.4 Å². The molecule has 1 N–H and O–H groups in total. The van der Waals surface area contributed by atoms with Crippen LogP contribution < -0.4 is 5.32 Å². The van der Waals surface area contributed by atoms with Crippen molar-refractivity contribution in [3.63, 3.8) is 0 Å². The molecule has 0 fully saturated rings. The van der Waals surface area contributed by atoms with Crippen LogP contribution in [0.3, 0.4) is 0 Å². The van der Waals surface area contributed by atoms with Gasteiger partial charge in [-0.2, -0.15) is 0 Å². The Kier molecular flexibility index (Phi) is 4.33. The summed E-state index contributed by atoms with van der Waals surface area (Å²) in [6.07, 6.45) is 3.35. The standard InChI is InChI=1S/C14H12BrNOS/c1-10-4-5-11(9-13(10)15)16-14(17)7-6-12-3-2-8-18-12/h2-9H,1H3,(H,16,17)/b7-6+. The van der Waals surface area contributed by atoms with Crippen molar-refractivity contribution in [2.75, 3.05) is 5.32 Å². The predicted octanol–water partition coefficient (Wildman–Crippen LogP) is 4.47. The van der Waals surface area contributed by atoms with E-state index >= 15 is 0 Å². The predicted molar refractivity (Wildman–Crippen MR) is 80.9 cm³/mol. The molecule has 0 aliphatic rings. The van der Waals surface area contributed by atoms with Crippen molar-refractivity contribution in [1.29, 1.82) is 0 Å². The van der Waals surface area contributed by atoms with Crippen LogP contribution in [0.2, 0.25) is 0 Å². The molecule has 4 heteroatoms. The van der Waals surface area contributed by atoms with Crippen LogP contribution in [0.25, 0.3) is 6.08 Å². The van der Waals surface area contributed by atoms with E-state index in [1.165, 1.54) is 0 Å². The van der Waals surface area contributed by atoms with Crippen molar-refractivity contribution >= 4 is 44.9 Å². The third-order valence-corrected chi connectivity index (χ3v) is 4.07. The largest absolute Gasteiger partial charge is 0.322 e. The zero-order chi connectivity index (χ0) is 13.0. The minimum Gasteiger partial charge on any atom is -0.322 e. The van der Waals surface area contributed by atoms with Gasteiger partial charge in [0.05, 0.1) is 0 Å². The molecule has 1 aromatic heterocycles. The lowest BCUT2D eigenvalue weighted by Crippen LogP contribution is -2.07. The Morgan fingerprint density at radius 2 is 2.22 bits per heavy atom. The fourth-order valence-corrected chi connectivity index (χ4v) is 2.40. The number of amides is 1. The van der Waals surface area contributed by atoms with Crippen molar-refractivity contribution in [3.8, 4) is 0 Å². The molecule has 0 atom stereocenters. The van der Waals surface area contributed by atoms with Crippen LogP contribution >= 0.6 is 27.3 Å². The number of nitrogens with one attached hydrogen (secondary N) is 1. The summed E-state index contributed by atoms with van der Waals surface area (Å²) in [6, 6.07) is 9.67. The lowest BCUT2D eigenvalue weighted by molar-refractivity contribution is -0.111. The summed E-state index contributed by atoms with van der Waals surface area (Å²) in [5.41, 5.74) is 1.93. The maximum absolute atomic E-state index is 11.7. The third-order valence-electron chi connectivity index (χ3n) is 2.38. The summed E-state index contributed by atoms with van der Waals surface area (Å²) in [7, 11) is 0. The highest BCUT2D eigenvalue weighted by atomic mass is 79.9. The van der Waals surface area contributed by atoms with Crippen molar-refractivity contribution in [2.45, 2.75) is 6.92 Å². The molecule has 0 unspecified atom stereocenters. The van der Waals surface area contributed by atoms with Gasteiger partial charge in [0.1, 0.15) is 0 Å². The maximum atomic E-state index is 11.7. The van der Waals surface area contributed by atoms with Crippen LogP contribution in [-0.4, -0.2) is 5.91 Å². The Morgan fingerprint density at radius 3 is 2.89 bits per heavy atom. The van der Waals surface area contributed by atoms with Gasteiger partial charge in [-0.1, -0.05) is 28.1 Å². The molecule has 2 rings (SSSR count). The molecule has 1 aromatic carbocycles. The summed E-state index contributed by atoms with van der Waals surface area (Å²) in [5.74, 6) is -0.126. The van der Waals surface area contributed by atoms with E-state index in [4.69, 9.17) is 0 Å². The summed E-state index contributed by atoms with van der Waals surface area (Å²) >= 11 is 5.04. The fraction of sp³-hybridized carbons (Fsp3) is 0.0714. The quantitative estimate of drug-likeness (QED) is 0.830. The molecule has 0 aliphatic carbocycles. The number of aryl methyl sites for hydroxylation is 1. The average Bonchev–Trinajstić information content (AvgIpc) is 2.84. The topological polar surface area (TPSA) is 29.1 Å². The Hall–Kier alpha value is -1.39. The lowest BCUT2D eigenvalue weighted by atomic mass is 10.2. The minimum atomic E-state index is -0.126. The van der Waals surface area contributed by atoms with E-state index in [2.05, 4.69) is 21.2 Å². The second-order valence-electron chi connectivity index (χ2n) is 3.80. The van der Waals surface area contributed by atoms with Gasteiger partial charge in [-0.3, -0.25) is 4.79 Å². The van der Waals surface area contributed by atoms with E-state index in [1.807, 2.05) is 48.7 Å². The van der Waals surface area contributed by atoms with Gasteiger partial charge in [-0.05, 0) is 42.1 Å². The number of carbonyl (C=O) groups is 1. The normalized spacial score (nSPS) is 10.8. The molecule has 0 aliphatic heterocycles. The summed E-state index contributed by atoms with van der Waals surface area (Å²) < 4.78 is 0.988. The second kappa shape index (κ2) is 5.98. The first-order valence-corrected chi connectivity index (χ1v) is 7.11. The molecule has 1 heterocycles. The number of hydrogen-bond donors (Lipinski definition) is 1. The van der Waals surface area contributed by atoms with Gasteiger partial charge in [0, 0.05) is 21.1 Å². The third kappa shape index (κ3) is 3.55. The molecule has 0 bridgehead atoms. The van der Waals surface area contributed by atoms with E-state index in [9.17, 15) is 4.79 Å². The molecule has 1 amide bonds. The van der Waals surface area contributed by atoms with Gasteiger partial charge in [0.25, 0.3) is 0 Å². The second-order valence-corrected chi connectivity index (χ2v) is 5.64. The smallest absolute Gasteiger partial charge is 0.248 e. The van der Waals surface area contributed by atoms with Gasteiger partial charge in [-0.25, -0.2) is 0 Å². The van der Waals surface area contributed by atoms with Crippen LogP contribution in [0.5, 0.6) is 0 Å². The summed E-state index contributed by atoms with van der Waals surface area (Å²) in [5, 5.41) is 4.80. The van der Waals surface area contributed by atoms with Crippen molar-refractivity contribution in [3.05, 3.63) is 56.7 Å². The van der Waals surface area contributed by atoms with E-state index in [0.717, 1.165) is 20.6 Å².